The molecule has 0 amide bonds. The Labute approximate surface area is 44.4 Å². The summed E-state index contributed by atoms with van der Waals surface area (Å²) in [6.45, 7) is 0. The molecule has 0 aromatic carbocycles. The van der Waals surface area contributed by atoms with Crippen molar-refractivity contribution in [2.75, 3.05) is 0 Å². The second-order valence-electron chi connectivity index (χ2n) is 1.55. The molecule has 0 aromatic rings. The van der Waals surface area contributed by atoms with E-state index >= 15 is 0 Å². The van der Waals surface area contributed by atoms with Crippen molar-refractivity contribution in [3.8, 4) is 0 Å². The van der Waals surface area contributed by atoms with E-state index in [1.165, 1.54) is 0 Å². The molecule has 0 aliphatic heterocycles. The van der Waals surface area contributed by atoms with Crippen LogP contribution in [0.2, 0.25) is 0 Å². The van der Waals surface area contributed by atoms with E-state index in [9.17, 15) is 9.46 Å². The predicted octanol–water partition coefficient (Wildman–Crippen LogP) is 0.579. The van der Waals surface area contributed by atoms with E-state index in [4.69, 9.17) is 0 Å². The maximum absolute atomic E-state index is 10.2. The van der Waals surface area contributed by atoms with Crippen molar-refractivity contribution >= 4 is 11.4 Å². The van der Waals surface area contributed by atoms with Crippen molar-refractivity contribution in [1.82, 2.24) is 0 Å². The van der Waals surface area contributed by atoms with Gasteiger partial charge in [0.15, 0.2) is 4.58 Å². The summed E-state index contributed by atoms with van der Waals surface area (Å²) in [5.41, 5.74) is 0. The maximum atomic E-state index is 10.2. The smallest absolute Gasteiger partial charge is 0.168 e. The van der Waals surface area contributed by atoms with Crippen LogP contribution < -0.4 is 0 Å². The summed E-state index contributed by atoms with van der Waals surface area (Å²) >= 11 is -1.40. The fraction of sp³-hybridized carbons (Fsp3) is 1.00. The lowest BCUT2D eigenvalue weighted by Gasteiger charge is -1.90. The van der Waals surface area contributed by atoms with Gasteiger partial charge in [0.2, 0.25) is 0 Å². The summed E-state index contributed by atoms with van der Waals surface area (Å²) in [6, 6.07) is 0. The Morgan fingerprint density at radius 1 is 1.71 bits per heavy atom. The number of nitroso groups, excluding NO2 is 1. The number of rotatable bonds is 2. The highest BCUT2D eigenvalue weighted by molar-refractivity contribution is 7.90. The summed E-state index contributed by atoms with van der Waals surface area (Å²) in [5.74, 6) is 0. The van der Waals surface area contributed by atoms with Crippen molar-refractivity contribution in [3.05, 3.63) is 4.91 Å². The Bertz CT molecular complexity index is 83.0. The second kappa shape index (κ2) is 1.79. The molecule has 1 fully saturated rings. The molecule has 1 aliphatic carbocycles. The zero-order chi connectivity index (χ0) is 5.28. The lowest BCUT2D eigenvalue weighted by molar-refractivity contribution is 0.595. The standard InChI is InChI=1S/C3H5NO2S/c5-4-7(6)3-1-2-3/h3H,1-2H2. The van der Waals surface area contributed by atoms with Gasteiger partial charge in [-0.2, -0.15) is 0 Å². The zero-order valence-corrected chi connectivity index (χ0v) is 4.48. The molecule has 7 heavy (non-hydrogen) atoms. The largest absolute Gasteiger partial charge is 0.588 e. The van der Waals surface area contributed by atoms with E-state index in [0.717, 1.165) is 12.8 Å². The lowest BCUT2D eigenvalue weighted by atomic mass is 11.0. The van der Waals surface area contributed by atoms with Crippen LogP contribution in [0.3, 0.4) is 0 Å². The third-order valence-corrected chi connectivity index (χ3v) is 2.07. The molecule has 0 N–H and O–H groups in total. The molecule has 1 unspecified atom stereocenters. The maximum Gasteiger partial charge on any atom is 0.168 e. The van der Waals surface area contributed by atoms with Crippen molar-refractivity contribution in [1.29, 1.82) is 0 Å². The second-order valence-corrected chi connectivity index (χ2v) is 2.92. The van der Waals surface area contributed by atoms with Crippen LogP contribution in [0.1, 0.15) is 12.8 Å². The Morgan fingerprint density at radius 3 is 2.43 bits per heavy atom. The lowest BCUT2D eigenvalue weighted by Crippen LogP contribution is -1.99. The van der Waals surface area contributed by atoms with Crippen molar-refractivity contribution < 1.29 is 4.55 Å². The normalized spacial score (nSPS) is 24.1. The van der Waals surface area contributed by atoms with Gasteiger partial charge in [-0.1, -0.05) is 4.91 Å². The fourth-order valence-corrected chi connectivity index (χ4v) is 0.992. The Kier molecular flexibility index (Phi) is 1.30. The predicted molar refractivity (Wildman–Crippen MR) is 27.0 cm³/mol. The molecule has 0 saturated heterocycles. The number of hydrogen-bond donors (Lipinski definition) is 0. The van der Waals surface area contributed by atoms with Crippen LogP contribution >= 0.6 is 0 Å². The van der Waals surface area contributed by atoms with E-state index in [-0.39, 0.29) is 5.25 Å². The SMILES string of the molecule is O=N[S+]([O-])C1CC1. The van der Waals surface area contributed by atoms with Gasteiger partial charge in [0, 0.05) is 12.8 Å². The number of nitrogens with zero attached hydrogens (tertiary/aromatic N) is 1. The molecule has 1 rings (SSSR count). The van der Waals surface area contributed by atoms with Crippen LogP contribution in [0.5, 0.6) is 0 Å². The minimum absolute atomic E-state index is 0.109. The molecule has 0 radical (unpaired) electrons. The Hall–Kier alpha value is -0.0900. The van der Waals surface area contributed by atoms with E-state index < -0.39 is 11.4 Å². The first-order valence-corrected chi connectivity index (χ1v) is 3.25. The van der Waals surface area contributed by atoms with Gasteiger partial charge in [0.05, 0.1) is 0 Å². The molecule has 40 valence electrons. The first-order chi connectivity index (χ1) is 3.34. The Morgan fingerprint density at radius 2 is 2.29 bits per heavy atom. The monoisotopic (exact) mass is 119 g/mol. The molecular weight excluding hydrogens is 114 g/mol. The van der Waals surface area contributed by atoms with E-state index in [0.29, 0.717) is 0 Å². The third kappa shape index (κ3) is 1.14. The molecule has 1 saturated carbocycles. The van der Waals surface area contributed by atoms with Gasteiger partial charge in [0.1, 0.15) is 16.6 Å². The van der Waals surface area contributed by atoms with Gasteiger partial charge >= 0.3 is 0 Å². The van der Waals surface area contributed by atoms with Crippen LogP contribution in [0.4, 0.5) is 0 Å². The van der Waals surface area contributed by atoms with Gasteiger partial charge in [-0.3, -0.25) is 0 Å². The van der Waals surface area contributed by atoms with Crippen molar-refractivity contribution in [2.45, 2.75) is 18.1 Å². The first-order valence-electron chi connectivity index (χ1n) is 2.08. The highest BCUT2D eigenvalue weighted by Crippen LogP contribution is 2.28. The number of hydrogen-bond acceptors (Lipinski definition) is 3. The van der Waals surface area contributed by atoms with Gasteiger partial charge in [-0.15, -0.1) is 0 Å². The minimum Gasteiger partial charge on any atom is -0.588 e. The van der Waals surface area contributed by atoms with E-state index in [1.54, 1.807) is 0 Å². The molecule has 0 spiro atoms. The highest BCUT2D eigenvalue weighted by Gasteiger charge is 2.36. The van der Waals surface area contributed by atoms with Crippen molar-refractivity contribution in [3.63, 3.8) is 0 Å². The van der Waals surface area contributed by atoms with E-state index in [1.807, 2.05) is 0 Å². The van der Waals surface area contributed by atoms with Gasteiger partial charge in [0.25, 0.3) is 0 Å². The molecule has 4 heteroatoms. The van der Waals surface area contributed by atoms with Gasteiger partial charge in [-0.25, -0.2) is 0 Å². The quantitative estimate of drug-likeness (QED) is 0.394. The average Bonchev–Trinajstić information content (AvgIpc) is 2.44. The topological polar surface area (TPSA) is 52.5 Å². The van der Waals surface area contributed by atoms with Crippen LogP contribution in [0.25, 0.3) is 0 Å². The third-order valence-electron chi connectivity index (χ3n) is 0.883. The van der Waals surface area contributed by atoms with Gasteiger partial charge < -0.3 is 4.55 Å². The van der Waals surface area contributed by atoms with E-state index in [2.05, 4.69) is 4.58 Å². The summed E-state index contributed by atoms with van der Waals surface area (Å²) in [5, 5.41) is 0.109. The molecule has 0 heterocycles. The van der Waals surface area contributed by atoms with Crippen LogP contribution in [0, 0.1) is 4.91 Å². The van der Waals surface area contributed by atoms with Crippen LogP contribution in [-0.2, 0) is 11.4 Å². The summed E-state index contributed by atoms with van der Waals surface area (Å²) < 4.78 is 12.6. The highest BCUT2D eigenvalue weighted by atomic mass is 32.2. The summed E-state index contributed by atoms with van der Waals surface area (Å²) in [6.07, 6.45) is 1.83. The molecule has 1 aliphatic rings. The van der Waals surface area contributed by atoms with Gasteiger partial charge in [-0.05, 0) is 0 Å². The van der Waals surface area contributed by atoms with Crippen molar-refractivity contribution in [2.24, 2.45) is 4.58 Å². The fourth-order valence-electron chi connectivity index (χ4n) is 0.331. The zero-order valence-electron chi connectivity index (χ0n) is 3.66. The minimum atomic E-state index is -1.40. The molecular formula is C3H5NO2S. The summed E-state index contributed by atoms with van der Waals surface area (Å²) in [4.78, 5) is 9.44. The average molecular weight is 119 g/mol. The molecule has 0 aromatic heterocycles. The van der Waals surface area contributed by atoms with Crippen LogP contribution in [0.15, 0.2) is 4.58 Å². The molecule has 3 nitrogen and oxygen atoms in total. The first kappa shape index (κ1) is 5.05. The molecule has 1 atom stereocenters. The summed E-state index contributed by atoms with van der Waals surface area (Å²) in [7, 11) is 0. The molecule has 0 bridgehead atoms. The Balaban J connectivity index is 2.22. The van der Waals surface area contributed by atoms with Crippen LogP contribution in [-0.4, -0.2) is 9.80 Å².